The molecule has 0 spiro atoms. The van der Waals surface area contributed by atoms with Crippen LogP contribution in [0.2, 0.25) is 0 Å². The highest BCUT2D eigenvalue weighted by Crippen LogP contribution is 2.51. The first kappa shape index (κ1) is 41.1. The maximum absolute atomic E-state index is 13.7. The molecule has 2 aromatic carbocycles. The molecule has 4 amide bonds. The number of alkyl carbamates (subject to hydrolysis) is 2. The van der Waals surface area contributed by atoms with E-state index in [9.17, 15) is 19.2 Å². The first-order valence-electron chi connectivity index (χ1n) is 21.8. The van der Waals surface area contributed by atoms with Crippen LogP contribution in [0.15, 0.2) is 54.9 Å². The number of likely N-dealkylation sites (tertiary alicyclic amines) is 2. The number of amides is 4. The van der Waals surface area contributed by atoms with Crippen LogP contribution in [0.5, 0.6) is 5.75 Å². The molecule has 0 bridgehead atoms. The Hall–Kier alpha value is -6.32. The van der Waals surface area contributed by atoms with Crippen LogP contribution >= 0.6 is 0 Å². The van der Waals surface area contributed by atoms with Gasteiger partial charge in [0.05, 0.1) is 61.3 Å². The molecule has 0 radical (unpaired) electrons. The normalized spacial score (nSPS) is 20.5. The molecule has 62 heavy (non-hydrogen) atoms. The molecule has 2 saturated heterocycles. The van der Waals surface area contributed by atoms with Crippen molar-refractivity contribution in [1.29, 1.82) is 0 Å². The smallest absolute Gasteiger partial charge is 0.407 e. The van der Waals surface area contributed by atoms with Gasteiger partial charge < -0.3 is 49.2 Å². The van der Waals surface area contributed by atoms with Crippen molar-refractivity contribution in [2.45, 2.75) is 96.6 Å². The number of aromatic nitrogens is 5. The van der Waals surface area contributed by atoms with Crippen molar-refractivity contribution >= 4 is 34.9 Å². The second kappa shape index (κ2) is 16.5. The quantitative estimate of drug-likeness (QED) is 0.105. The fourth-order valence-electron chi connectivity index (χ4n) is 9.45. The molecule has 16 nitrogen and oxygen atoms in total. The van der Waals surface area contributed by atoms with Gasteiger partial charge in [-0.1, -0.05) is 39.8 Å². The average Bonchev–Trinajstić information content (AvgIpc) is 3.85. The molecule has 6 heterocycles. The number of carbonyl (C=O) groups excluding carboxylic acids is 4. The number of hydrogen-bond acceptors (Lipinski definition) is 9. The van der Waals surface area contributed by atoms with E-state index in [0.717, 1.165) is 94.8 Å². The van der Waals surface area contributed by atoms with Crippen molar-refractivity contribution < 1.29 is 33.4 Å². The number of H-pyrrole nitrogens is 2. The van der Waals surface area contributed by atoms with E-state index in [1.807, 2.05) is 49.9 Å². The molecule has 5 aromatic rings. The highest BCUT2D eigenvalue weighted by molar-refractivity contribution is 5.92. The van der Waals surface area contributed by atoms with Crippen molar-refractivity contribution in [3.05, 3.63) is 66.5 Å². The molecule has 5 atom stereocenters. The van der Waals surface area contributed by atoms with E-state index < -0.39 is 24.3 Å². The Kier molecular flexibility index (Phi) is 10.9. The minimum absolute atomic E-state index is 0.116. The van der Waals surface area contributed by atoms with Crippen LogP contribution in [0, 0.1) is 17.8 Å². The Bertz CT molecular complexity index is 2520. The van der Waals surface area contributed by atoms with Crippen LogP contribution in [0.3, 0.4) is 0 Å². The van der Waals surface area contributed by atoms with Gasteiger partial charge in [0.1, 0.15) is 29.5 Å². The maximum Gasteiger partial charge on any atom is 0.407 e. The van der Waals surface area contributed by atoms with Crippen LogP contribution in [0.4, 0.5) is 9.59 Å². The molecule has 3 fully saturated rings. The second-order valence-corrected chi connectivity index (χ2v) is 17.7. The lowest BCUT2D eigenvalue weighted by atomic mass is 10.0. The molecule has 326 valence electrons. The van der Waals surface area contributed by atoms with Crippen molar-refractivity contribution in [1.82, 2.24) is 44.9 Å². The van der Waals surface area contributed by atoms with E-state index in [2.05, 4.69) is 67.6 Å². The van der Waals surface area contributed by atoms with Crippen molar-refractivity contribution in [3.63, 3.8) is 0 Å². The van der Waals surface area contributed by atoms with Gasteiger partial charge in [-0.05, 0) is 80.7 Å². The minimum atomic E-state index is -0.704. The predicted octanol–water partition coefficient (Wildman–Crippen LogP) is 7.48. The summed E-state index contributed by atoms with van der Waals surface area (Å²) in [6.45, 7) is 8.80. The van der Waals surface area contributed by atoms with Crippen molar-refractivity contribution in [3.8, 4) is 39.5 Å². The van der Waals surface area contributed by atoms with Crippen LogP contribution in [-0.2, 0) is 19.1 Å². The number of nitrogens with zero attached hydrogens (tertiary/aromatic N) is 5. The average molecular weight is 846 g/mol. The third-order valence-corrected chi connectivity index (χ3v) is 12.9. The van der Waals surface area contributed by atoms with Crippen LogP contribution in [-0.4, -0.2) is 97.7 Å². The highest BCUT2D eigenvalue weighted by atomic mass is 16.5. The topological polar surface area (TPSA) is 189 Å². The largest absolute Gasteiger partial charge is 0.469 e. The summed E-state index contributed by atoms with van der Waals surface area (Å²) in [4.78, 5) is 71.8. The van der Waals surface area contributed by atoms with Gasteiger partial charge in [-0.2, -0.15) is 0 Å². The number of carbonyl (C=O) groups is 4. The molecule has 9 rings (SSSR count). The number of fused-ring (bicyclic) bond motifs is 5. The van der Waals surface area contributed by atoms with Gasteiger partial charge in [-0.15, -0.1) is 0 Å². The van der Waals surface area contributed by atoms with Crippen molar-refractivity contribution in [2.75, 3.05) is 27.3 Å². The van der Waals surface area contributed by atoms with Gasteiger partial charge in [0.25, 0.3) is 0 Å². The fraction of sp³-hybridized carbons (Fsp3) is 0.478. The number of aromatic amines is 2. The number of nitrogens with one attached hydrogen (secondary N) is 4. The summed E-state index contributed by atoms with van der Waals surface area (Å²) >= 11 is 0. The van der Waals surface area contributed by atoms with Gasteiger partial charge in [-0.3, -0.25) is 9.59 Å². The lowest BCUT2D eigenvalue weighted by Crippen LogP contribution is -2.51. The summed E-state index contributed by atoms with van der Waals surface area (Å²) in [6, 6.07) is 13.1. The highest BCUT2D eigenvalue weighted by Gasteiger charge is 2.41. The molecule has 4 N–H and O–H groups in total. The Labute approximate surface area is 360 Å². The zero-order valence-electron chi connectivity index (χ0n) is 36.1. The van der Waals surface area contributed by atoms with E-state index in [-0.39, 0.29) is 42.0 Å². The summed E-state index contributed by atoms with van der Waals surface area (Å²) in [5, 5.41) is 6.52. The van der Waals surface area contributed by atoms with Gasteiger partial charge in [-0.25, -0.2) is 19.6 Å². The van der Waals surface area contributed by atoms with Gasteiger partial charge in [0, 0.05) is 41.1 Å². The van der Waals surface area contributed by atoms with E-state index >= 15 is 0 Å². The Morgan fingerprint density at radius 3 is 1.77 bits per heavy atom. The van der Waals surface area contributed by atoms with E-state index in [4.69, 9.17) is 24.2 Å². The molecule has 1 aliphatic carbocycles. The number of ether oxygens (including phenoxy) is 3. The molecule has 3 aliphatic heterocycles. The second-order valence-electron chi connectivity index (χ2n) is 17.7. The molecular formula is C46H55N9O7. The van der Waals surface area contributed by atoms with E-state index in [1.54, 1.807) is 0 Å². The summed E-state index contributed by atoms with van der Waals surface area (Å²) < 4.78 is 18.8. The fourth-order valence-corrected chi connectivity index (χ4v) is 9.45. The van der Waals surface area contributed by atoms with Gasteiger partial charge in [0.15, 0.2) is 6.23 Å². The Morgan fingerprint density at radius 1 is 0.726 bits per heavy atom. The minimum Gasteiger partial charge on any atom is -0.469 e. The number of hydrogen-bond donors (Lipinski definition) is 4. The Balaban J connectivity index is 0.963. The Morgan fingerprint density at radius 2 is 1.26 bits per heavy atom. The molecule has 4 aliphatic rings. The summed E-state index contributed by atoms with van der Waals surface area (Å²) in [6.07, 6.45) is 7.66. The predicted molar refractivity (Wildman–Crippen MR) is 231 cm³/mol. The summed E-state index contributed by atoms with van der Waals surface area (Å²) in [7, 11) is 2.59. The third kappa shape index (κ3) is 7.53. The number of benzene rings is 2. The van der Waals surface area contributed by atoms with Crippen LogP contribution in [0.1, 0.15) is 96.2 Å². The van der Waals surface area contributed by atoms with E-state index in [1.165, 1.54) is 14.2 Å². The summed E-state index contributed by atoms with van der Waals surface area (Å²) in [5.41, 5.74) is 6.81. The number of rotatable bonds is 11. The van der Waals surface area contributed by atoms with E-state index in [0.29, 0.717) is 24.8 Å². The third-order valence-electron chi connectivity index (χ3n) is 12.9. The zero-order chi connectivity index (χ0) is 43.4. The molecule has 16 heteroatoms. The lowest BCUT2D eigenvalue weighted by molar-refractivity contribution is -0.136. The zero-order valence-corrected chi connectivity index (χ0v) is 36.1. The van der Waals surface area contributed by atoms with Crippen LogP contribution < -0.4 is 15.4 Å². The molecule has 3 aromatic heterocycles. The first-order chi connectivity index (χ1) is 29.9. The number of methoxy groups -OCH3 is 2. The molecule has 1 unspecified atom stereocenters. The van der Waals surface area contributed by atoms with Gasteiger partial charge >= 0.3 is 12.2 Å². The van der Waals surface area contributed by atoms with Crippen molar-refractivity contribution in [2.24, 2.45) is 17.8 Å². The molecular weight excluding hydrogens is 791 g/mol. The lowest BCUT2D eigenvalue weighted by Gasteiger charge is -2.30. The standard InChI is InChI=1S/C46H55N9O7/c1-24(2)38(51-45(58)60-5)42(56)53-17-7-9-34(53)40-47-22-31(49-40)27-14-16-33-29(19-27)20-36-30-15-13-28(21-37(30)62-44(55(33)36)26-11-12-26)32-23-48-41(50-32)35-10-8-18-54(35)43(57)39(25(3)4)52-46(59)61-6/h13-16,19-26,34-35,38-39,44H,7-12,17-18H2,1-6H3,(H,47,49)(H,48,50)(H,51,58)(H,52,59)/t34-,35-,38-,39-,44?/m0/s1. The first-order valence-corrected chi connectivity index (χ1v) is 21.8. The van der Waals surface area contributed by atoms with Gasteiger partial charge in [0.2, 0.25) is 11.8 Å². The summed E-state index contributed by atoms with van der Waals surface area (Å²) in [5.74, 6) is 2.13. The maximum atomic E-state index is 13.7. The molecule has 1 saturated carbocycles. The SMILES string of the molecule is COC(=O)N[C@H](C(=O)N1CCC[C@H]1c1ncc(-c2ccc3c(c2)OC(C2CC2)n2c-3cc3cc(-c4cnc([C@@H]5CCCN5C(=O)[C@@H](NC(=O)OC)C(C)C)[nH]4)ccc32)[nH]1)C(C)C. The van der Waals surface area contributed by atoms with Crippen LogP contribution in [0.25, 0.3) is 44.7 Å². The number of imidazole rings is 2. The monoisotopic (exact) mass is 845 g/mol.